The van der Waals surface area contributed by atoms with Crippen LogP contribution in [0.4, 0.5) is 0 Å². The van der Waals surface area contributed by atoms with Gasteiger partial charge in [0.05, 0.1) is 27.4 Å². The van der Waals surface area contributed by atoms with E-state index in [1.807, 2.05) is 0 Å². The molecule has 2 aromatic carbocycles. The first kappa shape index (κ1) is 34.4. The summed E-state index contributed by atoms with van der Waals surface area (Å²) in [5.41, 5.74) is -1.42. The smallest absolute Gasteiger partial charge is 0.239 e. The molecule has 5 rings (SSSR count). The molecule has 2 fully saturated rings. The normalized spacial score (nSPS) is 31.0. The van der Waals surface area contributed by atoms with E-state index in [0.29, 0.717) is 0 Å². The first-order valence-electron chi connectivity index (χ1n) is 14.1. The van der Waals surface area contributed by atoms with Gasteiger partial charge in [0.1, 0.15) is 59.8 Å². The number of benzene rings is 2. The third-order valence-electron chi connectivity index (χ3n) is 7.86. The van der Waals surface area contributed by atoms with Gasteiger partial charge in [-0.15, -0.1) is 0 Å². The van der Waals surface area contributed by atoms with E-state index in [9.17, 15) is 55.9 Å². The minimum atomic E-state index is -1.94. The van der Waals surface area contributed by atoms with Crippen molar-refractivity contribution in [2.24, 2.45) is 0 Å². The number of ether oxygens (including phenoxy) is 6. The third kappa shape index (κ3) is 6.11. The van der Waals surface area contributed by atoms with Gasteiger partial charge < -0.3 is 83.9 Å². The van der Waals surface area contributed by atoms with Crippen LogP contribution < -0.4 is 24.4 Å². The number of phenolic OH excluding ortho intramolecular Hbond substituents is 2. The number of rotatable bonds is 9. The first-order valence-corrected chi connectivity index (χ1v) is 14.1. The number of aliphatic hydroxyl groups is 8. The van der Waals surface area contributed by atoms with Crippen molar-refractivity contribution in [1.29, 1.82) is 0 Å². The van der Waals surface area contributed by atoms with E-state index in [1.165, 1.54) is 25.3 Å². The molecule has 258 valence electrons. The highest BCUT2D eigenvalue weighted by Crippen LogP contribution is 2.46. The summed E-state index contributed by atoms with van der Waals surface area (Å²) in [6.45, 7) is -1.55. The van der Waals surface area contributed by atoms with E-state index in [-0.39, 0.29) is 34.2 Å². The second-order valence-electron chi connectivity index (χ2n) is 10.7. The van der Waals surface area contributed by atoms with Crippen LogP contribution in [0.25, 0.3) is 22.3 Å². The van der Waals surface area contributed by atoms with E-state index in [2.05, 4.69) is 0 Å². The van der Waals surface area contributed by atoms with Crippen LogP contribution in [0.1, 0.15) is 0 Å². The fraction of sp³-hybridized carbons (Fsp3) is 0.483. The largest absolute Gasteiger partial charge is 0.504 e. The zero-order valence-electron chi connectivity index (χ0n) is 24.7. The minimum Gasteiger partial charge on any atom is -0.504 e. The van der Waals surface area contributed by atoms with E-state index in [0.717, 1.165) is 13.2 Å². The summed E-state index contributed by atoms with van der Waals surface area (Å²) in [6.07, 6.45) is -17.2. The lowest BCUT2D eigenvalue weighted by Crippen LogP contribution is -2.60. The standard InChI is InChI=1S/C29H34O18/c1-41-11-5-9(3-4-10(11)32)25-27(47-29-24(40)22(38)18(34)15(8-31)46-29)20(36)16-12(43-25)6-13(26(42-2)19(16)35)44-28-23(39)21(37)17(33)14(7-30)45-28/h3-6,14-15,17-18,21-24,28-35,37-40H,7-8H2,1-2H3/t14-,15-,17-,18-,21+,22+,23-,24-,28?,29?/m1/s1. The molecule has 0 aliphatic carbocycles. The third-order valence-corrected chi connectivity index (χ3v) is 7.86. The fourth-order valence-corrected chi connectivity index (χ4v) is 5.25. The van der Waals surface area contributed by atoms with Crippen molar-refractivity contribution in [1.82, 2.24) is 0 Å². The van der Waals surface area contributed by atoms with Gasteiger partial charge >= 0.3 is 0 Å². The fourth-order valence-electron chi connectivity index (χ4n) is 5.25. The Kier molecular flexibility index (Phi) is 9.99. The van der Waals surface area contributed by atoms with Gasteiger partial charge in [-0.2, -0.15) is 0 Å². The van der Waals surface area contributed by atoms with Gasteiger partial charge in [-0.3, -0.25) is 4.79 Å². The van der Waals surface area contributed by atoms with Crippen molar-refractivity contribution < 1.29 is 83.9 Å². The second-order valence-corrected chi connectivity index (χ2v) is 10.7. The van der Waals surface area contributed by atoms with Crippen molar-refractivity contribution in [3.8, 4) is 45.8 Å². The minimum absolute atomic E-state index is 0.0463. The lowest BCUT2D eigenvalue weighted by molar-refractivity contribution is -0.277. The van der Waals surface area contributed by atoms with Gasteiger partial charge in [-0.1, -0.05) is 0 Å². The molecule has 2 unspecified atom stereocenters. The molecule has 0 spiro atoms. The van der Waals surface area contributed by atoms with Crippen LogP contribution in [0.2, 0.25) is 0 Å². The lowest BCUT2D eigenvalue weighted by Gasteiger charge is -2.39. The molecule has 3 heterocycles. The molecule has 2 saturated heterocycles. The molecule has 0 amide bonds. The Morgan fingerprint density at radius 3 is 1.81 bits per heavy atom. The SMILES string of the molecule is COc1cc(-c2oc3cc(OC4O[C@H](CO)[C@@H](O)[C@H](O)[C@H]4O)c(OC)c(O)c3c(=O)c2OC2O[C@H](CO)[C@@H](O)[C@H](O)[C@H]2O)ccc1O. The number of hydrogen-bond acceptors (Lipinski definition) is 18. The molecule has 18 heteroatoms. The Bertz CT molecular complexity index is 1640. The molecule has 0 saturated carbocycles. The van der Waals surface area contributed by atoms with Crippen LogP contribution in [0, 0.1) is 0 Å². The number of aliphatic hydroxyl groups excluding tert-OH is 8. The summed E-state index contributed by atoms with van der Waals surface area (Å²) < 4.78 is 38.6. The number of phenols is 2. The zero-order chi connectivity index (χ0) is 34.3. The van der Waals surface area contributed by atoms with Gasteiger partial charge in [0, 0.05) is 11.6 Å². The summed E-state index contributed by atoms with van der Waals surface area (Å²) >= 11 is 0. The van der Waals surface area contributed by atoms with Gasteiger partial charge in [-0.05, 0) is 18.2 Å². The van der Waals surface area contributed by atoms with E-state index >= 15 is 0 Å². The molecular weight excluding hydrogens is 636 g/mol. The van der Waals surface area contributed by atoms with Crippen LogP contribution >= 0.6 is 0 Å². The molecule has 2 aliphatic heterocycles. The van der Waals surface area contributed by atoms with Crippen molar-refractivity contribution in [3.63, 3.8) is 0 Å². The summed E-state index contributed by atoms with van der Waals surface area (Å²) in [5, 5.41) is 102. The predicted octanol–water partition coefficient (Wildman–Crippen LogP) is -2.75. The lowest BCUT2D eigenvalue weighted by atomic mass is 9.99. The van der Waals surface area contributed by atoms with E-state index in [1.54, 1.807) is 0 Å². The van der Waals surface area contributed by atoms with Crippen LogP contribution in [-0.4, -0.2) is 140 Å². The first-order chi connectivity index (χ1) is 22.4. The summed E-state index contributed by atoms with van der Waals surface area (Å²) in [6, 6.07) is 4.83. The maximum atomic E-state index is 14.1. The zero-order valence-corrected chi connectivity index (χ0v) is 24.7. The Morgan fingerprint density at radius 2 is 1.28 bits per heavy atom. The van der Waals surface area contributed by atoms with Crippen molar-refractivity contribution in [3.05, 3.63) is 34.5 Å². The highest BCUT2D eigenvalue weighted by atomic mass is 16.7. The average molecular weight is 671 g/mol. The van der Waals surface area contributed by atoms with E-state index in [4.69, 9.17) is 32.8 Å². The molecule has 10 N–H and O–H groups in total. The van der Waals surface area contributed by atoms with Crippen molar-refractivity contribution >= 4 is 11.0 Å². The second kappa shape index (κ2) is 13.6. The summed E-state index contributed by atoms with van der Waals surface area (Å²) in [5.74, 6) is -3.18. The maximum Gasteiger partial charge on any atom is 0.239 e. The van der Waals surface area contributed by atoms with Gasteiger partial charge in [0.2, 0.25) is 29.5 Å². The van der Waals surface area contributed by atoms with Gasteiger partial charge in [0.25, 0.3) is 0 Å². The maximum absolute atomic E-state index is 14.1. The number of fused-ring (bicyclic) bond motifs is 1. The van der Waals surface area contributed by atoms with Crippen LogP contribution in [0.5, 0.6) is 34.5 Å². The van der Waals surface area contributed by atoms with Crippen LogP contribution in [0.3, 0.4) is 0 Å². The Hall–Kier alpha value is -3.95. The quantitative estimate of drug-likeness (QED) is 0.110. The molecule has 1 aromatic heterocycles. The Morgan fingerprint density at radius 1 is 0.702 bits per heavy atom. The van der Waals surface area contributed by atoms with Crippen molar-refractivity contribution in [2.75, 3.05) is 27.4 Å². The van der Waals surface area contributed by atoms with Crippen LogP contribution in [0.15, 0.2) is 33.5 Å². The van der Waals surface area contributed by atoms with Crippen LogP contribution in [-0.2, 0) is 9.47 Å². The highest BCUT2D eigenvalue weighted by Gasteiger charge is 2.47. The molecule has 18 nitrogen and oxygen atoms in total. The monoisotopic (exact) mass is 670 g/mol. The molecule has 0 bridgehead atoms. The summed E-state index contributed by atoms with van der Waals surface area (Å²) in [4.78, 5) is 14.1. The molecule has 10 atom stereocenters. The molecule has 0 radical (unpaired) electrons. The topological polar surface area (TPSA) is 288 Å². The van der Waals surface area contributed by atoms with Gasteiger partial charge in [0.15, 0.2) is 28.8 Å². The highest BCUT2D eigenvalue weighted by molar-refractivity contribution is 5.91. The Balaban J connectivity index is 1.68. The number of hydrogen-bond donors (Lipinski definition) is 10. The number of methoxy groups -OCH3 is 2. The molecule has 3 aromatic rings. The Labute approximate surface area is 264 Å². The molecular formula is C29H34O18. The molecule has 47 heavy (non-hydrogen) atoms. The molecule has 2 aliphatic rings. The number of aromatic hydroxyl groups is 2. The average Bonchev–Trinajstić information content (AvgIpc) is 3.06. The van der Waals surface area contributed by atoms with Crippen molar-refractivity contribution in [2.45, 2.75) is 61.4 Å². The van der Waals surface area contributed by atoms with E-state index < -0.39 is 103 Å². The summed E-state index contributed by atoms with van der Waals surface area (Å²) in [7, 11) is 2.36. The van der Waals surface area contributed by atoms with Gasteiger partial charge in [-0.25, -0.2) is 0 Å². The predicted molar refractivity (Wildman–Crippen MR) is 153 cm³/mol.